The number of aromatic nitrogens is 1. The molecular weight excluding hydrogens is 200 g/mol. The van der Waals surface area contributed by atoms with Crippen molar-refractivity contribution in [3.05, 3.63) is 36.0 Å². The van der Waals surface area contributed by atoms with E-state index in [1.807, 2.05) is 30.5 Å². The molecule has 3 nitrogen and oxygen atoms in total. The molecule has 0 bridgehead atoms. The van der Waals surface area contributed by atoms with Gasteiger partial charge in [0.25, 0.3) is 0 Å². The molecule has 0 aliphatic carbocycles. The van der Waals surface area contributed by atoms with Gasteiger partial charge in [-0.05, 0) is 29.1 Å². The van der Waals surface area contributed by atoms with E-state index in [1.54, 1.807) is 0 Å². The van der Waals surface area contributed by atoms with E-state index in [2.05, 4.69) is 4.98 Å². The fourth-order valence-electron chi connectivity index (χ4n) is 1.41. The van der Waals surface area contributed by atoms with Crippen molar-refractivity contribution in [2.75, 3.05) is 6.61 Å². The Hall–Kier alpha value is -1.03. The van der Waals surface area contributed by atoms with Crippen molar-refractivity contribution in [1.29, 1.82) is 0 Å². The summed E-state index contributed by atoms with van der Waals surface area (Å²) in [5.74, 6) is 0. The van der Waals surface area contributed by atoms with Crippen LogP contribution in [0.1, 0.15) is 11.6 Å². The Morgan fingerprint density at radius 1 is 1.36 bits per heavy atom. The molecule has 4 N–H and O–H groups in total. The number of fused-ring (bicyclic) bond motifs is 1. The molecule has 1 aromatic carbocycles. The molecule has 0 radical (unpaired) electrons. The number of halogens is 1. The van der Waals surface area contributed by atoms with Gasteiger partial charge >= 0.3 is 0 Å². The standard InChI is InChI=1S/C10H12N2O.ClH/c11-9(6-13)7-1-2-10-8(5-7)3-4-12-10;/h1-5,9,12-13H,6,11H2;1H/t9-;/m0./s1. The molecule has 14 heavy (non-hydrogen) atoms. The maximum absolute atomic E-state index is 8.88. The van der Waals surface area contributed by atoms with Gasteiger partial charge in [0.2, 0.25) is 0 Å². The van der Waals surface area contributed by atoms with Crippen LogP contribution in [0.25, 0.3) is 10.9 Å². The lowest BCUT2D eigenvalue weighted by Gasteiger charge is -2.07. The maximum Gasteiger partial charge on any atom is 0.0624 e. The normalized spacial score (nSPS) is 12.4. The highest BCUT2D eigenvalue weighted by Crippen LogP contribution is 2.17. The van der Waals surface area contributed by atoms with Crippen LogP contribution in [0.15, 0.2) is 30.5 Å². The van der Waals surface area contributed by atoms with E-state index in [0.29, 0.717) is 0 Å². The van der Waals surface area contributed by atoms with Gasteiger partial charge in [-0.25, -0.2) is 0 Å². The number of hydrogen-bond acceptors (Lipinski definition) is 2. The molecule has 0 spiro atoms. The highest BCUT2D eigenvalue weighted by molar-refractivity contribution is 5.85. The third kappa shape index (κ3) is 1.90. The molecule has 1 aromatic heterocycles. The molecule has 0 unspecified atom stereocenters. The summed E-state index contributed by atoms with van der Waals surface area (Å²) < 4.78 is 0. The summed E-state index contributed by atoms with van der Waals surface area (Å²) in [5.41, 5.74) is 7.75. The van der Waals surface area contributed by atoms with Crippen LogP contribution in [-0.2, 0) is 0 Å². The predicted octanol–water partition coefficient (Wildman–Crippen LogP) is 1.58. The van der Waals surface area contributed by atoms with Gasteiger partial charge in [-0.1, -0.05) is 6.07 Å². The number of hydrogen-bond donors (Lipinski definition) is 3. The summed E-state index contributed by atoms with van der Waals surface area (Å²) in [7, 11) is 0. The largest absolute Gasteiger partial charge is 0.394 e. The van der Waals surface area contributed by atoms with Crippen LogP contribution in [0.2, 0.25) is 0 Å². The van der Waals surface area contributed by atoms with Crippen molar-refractivity contribution in [2.24, 2.45) is 5.73 Å². The molecule has 1 atom stereocenters. The third-order valence-electron chi connectivity index (χ3n) is 2.20. The highest BCUT2D eigenvalue weighted by Gasteiger charge is 2.04. The number of rotatable bonds is 2. The second-order valence-corrected chi connectivity index (χ2v) is 3.11. The predicted molar refractivity (Wildman–Crippen MR) is 59.6 cm³/mol. The fraction of sp³-hybridized carbons (Fsp3) is 0.200. The summed E-state index contributed by atoms with van der Waals surface area (Å²) in [6, 6.07) is 7.61. The van der Waals surface area contributed by atoms with E-state index in [1.165, 1.54) is 0 Å². The first-order valence-electron chi connectivity index (χ1n) is 4.25. The second-order valence-electron chi connectivity index (χ2n) is 3.11. The number of H-pyrrole nitrogens is 1. The van der Waals surface area contributed by atoms with Gasteiger partial charge in [-0.3, -0.25) is 0 Å². The summed E-state index contributed by atoms with van der Waals surface area (Å²) in [6.07, 6.45) is 1.89. The Balaban J connectivity index is 0.000000980. The van der Waals surface area contributed by atoms with Crippen molar-refractivity contribution >= 4 is 23.3 Å². The van der Waals surface area contributed by atoms with Crippen LogP contribution in [0, 0.1) is 0 Å². The zero-order valence-electron chi connectivity index (χ0n) is 7.60. The summed E-state index contributed by atoms with van der Waals surface area (Å²) >= 11 is 0. The third-order valence-corrected chi connectivity index (χ3v) is 2.20. The molecule has 0 fully saturated rings. The average molecular weight is 213 g/mol. The van der Waals surface area contributed by atoms with Crippen LogP contribution in [0.4, 0.5) is 0 Å². The zero-order chi connectivity index (χ0) is 9.26. The van der Waals surface area contributed by atoms with Crippen molar-refractivity contribution < 1.29 is 5.11 Å². The van der Waals surface area contributed by atoms with Crippen molar-refractivity contribution in [1.82, 2.24) is 4.98 Å². The SMILES string of the molecule is Cl.N[C@@H](CO)c1ccc2[nH]ccc2c1. The number of nitrogens with two attached hydrogens (primary N) is 1. The average Bonchev–Trinajstić information content (AvgIpc) is 2.63. The van der Waals surface area contributed by atoms with Crippen LogP contribution in [0.3, 0.4) is 0 Å². The quantitative estimate of drug-likeness (QED) is 0.708. The topological polar surface area (TPSA) is 62.0 Å². The van der Waals surface area contributed by atoms with Crippen molar-refractivity contribution in [3.8, 4) is 0 Å². The smallest absolute Gasteiger partial charge is 0.0624 e. The summed E-state index contributed by atoms with van der Waals surface area (Å²) in [5, 5.41) is 10.0. The minimum Gasteiger partial charge on any atom is -0.394 e. The first kappa shape index (κ1) is 11.0. The minimum absolute atomic E-state index is 0. The number of aromatic amines is 1. The number of benzene rings is 1. The molecular formula is C10H13ClN2O. The van der Waals surface area contributed by atoms with Gasteiger partial charge in [-0.2, -0.15) is 0 Å². The minimum atomic E-state index is -0.278. The van der Waals surface area contributed by atoms with Gasteiger partial charge in [-0.15, -0.1) is 12.4 Å². The number of nitrogens with one attached hydrogen (secondary N) is 1. The zero-order valence-corrected chi connectivity index (χ0v) is 8.42. The van der Waals surface area contributed by atoms with E-state index in [0.717, 1.165) is 16.5 Å². The molecule has 0 saturated carbocycles. The maximum atomic E-state index is 8.88. The monoisotopic (exact) mass is 212 g/mol. The van der Waals surface area contributed by atoms with Crippen LogP contribution < -0.4 is 5.73 Å². The van der Waals surface area contributed by atoms with E-state index in [9.17, 15) is 0 Å². The number of aliphatic hydroxyl groups excluding tert-OH is 1. The molecule has 1 heterocycles. The van der Waals surface area contributed by atoms with E-state index in [4.69, 9.17) is 10.8 Å². The lowest BCUT2D eigenvalue weighted by molar-refractivity contribution is 0.268. The van der Waals surface area contributed by atoms with E-state index < -0.39 is 0 Å². The first-order chi connectivity index (χ1) is 6.31. The first-order valence-corrected chi connectivity index (χ1v) is 4.25. The molecule has 0 saturated heterocycles. The summed E-state index contributed by atoms with van der Waals surface area (Å²) in [6.45, 7) is -0.0179. The van der Waals surface area contributed by atoms with Gasteiger partial charge in [0.05, 0.1) is 12.6 Å². The molecule has 0 aliphatic rings. The fourth-order valence-corrected chi connectivity index (χ4v) is 1.41. The Kier molecular flexibility index (Phi) is 3.52. The van der Waals surface area contributed by atoms with E-state index in [-0.39, 0.29) is 25.1 Å². The molecule has 2 rings (SSSR count). The van der Waals surface area contributed by atoms with Crippen LogP contribution in [-0.4, -0.2) is 16.7 Å². The molecule has 2 aromatic rings. The summed E-state index contributed by atoms with van der Waals surface area (Å²) in [4.78, 5) is 3.10. The second kappa shape index (κ2) is 4.46. The van der Waals surface area contributed by atoms with Gasteiger partial charge in [0.1, 0.15) is 0 Å². The van der Waals surface area contributed by atoms with Gasteiger partial charge in [0, 0.05) is 11.7 Å². The molecule has 4 heteroatoms. The lowest BCUT2D eigenvalue weighted by Crippen LogP contribution is -2.14. The van der Waals surface area contributed by atoms with Crippen molar-refractivity contribution in [3.63, 3.8) is 0 Å². The lowest BCUT2D eigenvalue weighted by atomic mass is 10.1. The van der Waals surface area contributed by atoms with Crippen LogP contribution in [0.5, 0.6) is 0 Å². The van der Waals surface area contributed by atoms with Crippen molar-refractivity contribution in [2.45, 2.75) is 6.04 Å². The highest BCUT2D eigenvalue weighted by atomic mass is 35.5. The Bertz CT molecular complexity index is 413. The van der Waals surface area contributed by atoms with Gasteiger partial charge < -0.3 is 15.8 Å². The Morgan fingerprint density at radius 3 is 2.86 bits per heavy atom. The molecule has 0 amide bonds. The number of aliphatic hydroxyl groups is 1. The van der Waals surface area contributed by atoms with E-state index >= 15 is 0 Å². The Morgan fingerprint density at radius 2 is 2.14 bits per heavy atom. The Labute approximate surface area is 88.3 Å². The van der Waals surface area contributed by atoms with Crippen LogP contribution >= 0.6 is 12.4 Å². The van der Waals surface area contributed by atoms with Gasteiger partial charge in [0.15, 0.2) is 0 Å². The molecule has 0 aliphatic heterocycles. The molecule has 76 valence electrons.